The maximum atomic E-state index is 10.3. The van der Waals surface area contributed by atoms with E-state index in [0.717, 1.165) is 32.5 Å². The van der Waals surface area contributed by atoms with E-state index in [1.807, 2.05) is 0 Å². The van der Waals surface area contributed by atoms with Gasteiger partial charge in [-0.3, -0.25) is 10.2 Å². The molecular formula is C24H52N2O2. The first kappa shape index (κ1) is 29.6. The monoisotopic (exact) mass is 400 g/mol. The van der Waals surface area contributed by atoms with Crippen molar-refractivity contribution in [2.75, 3.05) is 19.6 Å². The van der Waals surface area contributed by atoms with Crippen molar-refractivity contribution in [2.24, 2.45) is 0 Å². The van der Waals surface area contributed by atoms with Crippen LogP contribution in [0.4, 0.5) is 0 Å². The van der Waals surface area contributed by atoms with Gasteiger partial charge in [-0.2, -0.15) is 0 Å². The van der Waals surface area contributed by atoms with Gasteiger partial charge in [0.1, 0.15) is 0 Å². The third-order valence-electron chi connectivity index (χ3n) is 5.14. The van der Waals surface area contributed by atoms with Gasteiger partial charge in [0.05, 0.1) is 0 Å². The van der Waals surface area contributed by atoms with Gasteiger partial charge in [-0.05, 0) is 6.42 Å². The summed E-state index contributed by atoms with van der Waals surface area (Å²) in [6, 6.07) is 0. The molecule has 0 unspecified atom stereocenters. The summed E-state index contributed by atoms with van der Waals surface area (Å²) in [6.45, 7) is 11.9. The Labute approximate surface area is 176 Å². The van der Waals surface area contributed by atoms with Gasteiger partial charge in [-0.15, -0.1) is 0 Å². The lowest BCUT2D eigenvalue weighted by atomic mass is 10.0. The Morgan fingerprint density at radius 2 is 1.00 bits per heavy atom. The minimum atomic E-state index is -0.653. The van der Waals surface area contributed by atoms with Crippen LogP contribution in [0.3, 0.4) is 0 Å². The fraction of sp³-hybridized carbons (Fsp3) is 0.958. The fourth-order valence-corrected chi connectivity index (χ4v) is 3.32. The smallest absolute Gasteiger partial charge is 0.303 e. The van der Waals surface area contributed by atoms with Crippen molar-refractivity contribution in [2.45, 2.75) is 130 Å². The van der Waals surface area contributed by atoms with E-state index in [1.165, 1.54) is 83.5 Å². The molecule has 0 aromatic heterocycles. The minimum absolute atomic E-state index is 0.345. The van der Waals surface area contributed by atoms with Gasteiger partial charge < -0.3 is 5.11 Å². The molecule has 0 heterocycles. The Bertz CT molecular complexity index is 294. The van der Waals surface area contributed by atoms with Crippen LogP contribution in [0.5, 0.6) is 0 Å². The number of hydrogen-bond donors (Lipinski definition) is 2. The first-order valence-electron chi connectivity index (χ1n) is 12.3. The van der Waals surface area contributed by atoms with Gasteiger partial charge >= 0.3 is 5.97 Å². The Kier molecular flexibility index (Phi) is 27.9. The van der Waals surface area contributed by atoms with Crippen LogP contribution in [-0.4, -0.2) is 35.7 Å². The minimum Gasteiger partial charge on any atom is -0.481 e. The van der Waals surface area contributed by atoms with E-state index in [9.17, 15) is 4.79 Å². The van der Waals surface area contributed by atoms with Crippen molar-refractivity contribution in [3.05, 3.63) is 0 Å². The van der Waals surface area contributed by atoms with Gasteiger partial charge in [-0.1, -0.05) is 118 Å². The number of carboxylic acids is 1. The number of unbranched alkanes of at least 4 members (excludes halogenated alkanes) is 14. The normalized spacial score (nSPS) is 10.8. The Hall–Kier alpha value is -0.610. The molecule has 0 aromatic rings. The van der Waals surface area contributed by atoms with Gasteiger partial charge in [0.15, 0.2) is 0 Å². The number of hydrazine groups is 1. The molecular weight excluding hydrogens is 348 g/mol. The summed E-state index contributed by atoms with van der Waals surface area (Å²) in [5, 5.41) is 10.7. The number of rotatable bonds is 20. The van der Waals surface area contributed by atoms with Gasteiger partial charge in [0.25, 0.3) is 0 Å². The predicted molar refractivity (Wildman–Crippen MR) is 124 cm³/mol. The molecule has 0 amide bonds. The summed E-state index contributed by atoms with van der Waals surface area (Å²) in [5.74, 6) is -0.653. The van der Waals surface area contributed by atoms with Crippen molar-refractivity contribution in [1.29, 1.82) is 0 Å². The summed E-state index contributed by atoms with van der Waals surface area (Å²) < 4.78 is 0. The second kappa shape index (κ2) is 26.4. The van der Waals surface area contributed by atoms with Crippen molar-refractivity contribution in [1.82, 2.24) is 10.4 Å². The SMILES string of the molecule is CCCCCCCCCCCCCCCCCC(=O)O.CCNN(CC)CC. The summed E-state index contributed by atoms with van der Waals surface area (Å²) >= 11 is 0. The molecule has 0 aromatic carbocycles. The summed E-state index contributed by atoms with van der Waals surface area (Å²) in [5.41, 5.74) is 3.22. The highest BCUT2D eigenvalue weighted by atomic mass is 16.4. The average Bonchev–Trinajstić information content (AvgIpc) is 2.69. The highest BCUT2D eigenvalue weighted by Gasteiger charge is 1.97. The number of aliphatic carboxylic acids is 1. The molecule has 0 aliphatic carbocycles. The lowest BCUT2D eigenvalue weighted by Gasteiger charge is -2.17. The van der Waals surface area contributed by atoms with E-state index in [0.29, 0.717) is 6.42 Å². The first-order chi connectivity index (χ1) is 13.6. The Morgan fingerprint density at radius 3 is 1.25 bits per heavy atom. The van der Waals surface area contributed by atoms with Crippen LogP contribution in [0.25, 0.3) is 0 Å². The van der Waals surface area contributed by atoms with Gasteiger partial charge in [-0.25, -0.2) is 5.01 Å². The zero-order valence-corrected chi connectivity index (χ0v) is 19.7. The van der Waals surface area contributed by atoms with Crippen LogP contribution >= 0.6 is 0 Å². The highest BCUT2D eigenvalue weighted by molar-refractivity contribution is 5.66. The lowest BCUT2D eigenvalue weighted by Crippen LogP contribution is -2.37. The highest BCUT2D eigenvalue weighted by Crippen LogP contribution is 2.13. The number of nitrogens with one attached hydrogen (secondary N) is 1. The molecule has 28 heavy (non-hydrogen) atoms. The van der Waals surface area contributed by atoms with Crippen molar-refractivity contribution >= 4 is 5.97 Å². The van der Waals surface area contributed by atoms with E-state index < -0.39 is 5.97 Å². The molecule has 2 N–H and O–H groups in total. The zero-order valence-electron chi connectivity index (χ0n) is 19.7. The molecule has 0 aliphatic heterocycles. The van der Waals surface area contributed by atoms with Crippen molar-refractivity contribution in [3.63, 3.8) is 0 Å². The van der Waals surface area contributed by atoms with Gasteiger partial charge in [0, 0.05) is 26.1 Å². The quantitative estimate of drug-likeness (QED) is 0.168. The molecule has 0 atom stereocenters. The Balaban J connectivity index is 0. The maximum Gasteiger partial charge on any atom is 0.303 e. The first-order valence-corrected chi connectivity index (χ1v) is 12.3. The van der Waals surface area contributed by atoms with E-state index in [2.05, 4.69) is 38.1 Å². The van der Waals surface area contributed by atoms with Crippen LogP contribution in [0.1, 0.15) is 130 Å². The Morgan fingerprint density at radius 1 is 0.643 bits per heavy atom. The number of hydrogen-bond acceptors (Lipinski definition) is 3. The van der Waals surface area contributed by atoms with Crippen LogP contribution in [0.15, 0.2) is 0 Å². The molecule has 0 radical (unpaired) electrons. The second-order valence-electron chi connectivity index (χ2n) is 7.78. The molecule has 0 aliphatic rings. The number of carbonyl (C=O) groups is 1. The summed E-state index contributed by atoms with van der Waals surface area (Å²) in [4.78, 5) is 10.3. The fourth-order valence-electron chi connectivity index (χ4n) is 3.32. The molecule has 4 nitrogen and oxygen atoms in total. The molecule has 0 fully saturated rings. The molecule has 0 spiro atoms. The standard InChI is InChI=1S/C18H36O2.C6H16N2/c1-2-3-4-5-6-7-8-9-10-11-12-13-14-15-16-17-18(19)20;1-4-7-8(5-2)6-3/h2-17H2,1H3,(H,19,20);7H,4-6H2,1-3H3. The number of nitrogens with zero attached hydrogens (tertiary/aromatic N) is 1. The topological polar surface area (TPSA) is 52.6 Å². The summed E-state index contributed by atoms with van der Waals surface area (Å²) in [6.07, 6.45) is 20.2. The van der Waals surface area contributed by atoms with Crippen LogP contribution in [-0.2, 0) is 4.79 Å². The van der Waals surface area contributed by atoms with Crippen LogP contribution in [0.2, 0.25) is 0 Å². The van der Waals surface area contributed by atoms with E-state index >= 15 is 0 Å². The van der Waals surface area contributed by atoms with Crippen molar-refractivity contribution < 1.29 is 9.90 Å². The molecule has 0 saturated carbocycles. The molecule has 0 saturated heterocycles. The third kappa shape index (κ3) is 27.6. The summed E-state index contributed by atoms with van der Waals surface area (Å²) in [7, 11) is 0. The third-order valence-corrected chi connectivity index (χ3v) is 5.14. The average molecular weight is 401 g/mol. The number of carboxylic acid groups (broad SMARTS) is 1. The molecule has 4 heteroatoms. The van der Waals surface area contributed by atoms with Crippen LogP contribution < -0.4 is 5.43 Å². The lowest BCUT2D eigenvalue weighted by molar-refractivity contribution is -0.137. The predicted octanol–water partition coefficient (Wildman–Crippen LogP) is 7.19. The van der Waals surface area contributed by atoms with E-state index in [4.69, 9.17) is 5.11 Å². The maximum absolute atomic E-state index is 10.3. The van der Waals surface area contributed by atoms with Crippen LogP contribution in [0, 0.1) is 0 Å². The zero-order chi connectivity index (χ0) is 21.3. The molecule has 170 valence electrons. The second-order valence-corrected chi connectivity index (χ2v) is 7.78. The van der Waals surface area contributed by atoms with E-state index in [-0.39, 0.29) is 0 Å². The van der Waals surface area contributed by atoms with Gasteiger partial charge in [0.2, 0.25) is 0 Å². The largest absolute Gasteiger partial charge is 0.481 e. The molecule has 0 bridgehead atoms. The molecule has 0 rings (SSSR count). The van der Waals surface area contributed by atoms with E-state index in [1.54, 1.807) is 0 Å². The van der Waals surface area contributed by atoms with Crippen molar-refractivity contribution in [3.8, 4) is 0 Å².